The molecular weight excluding hydrogens is 286 g/mol. The molecule has 0 aliphatic rings. The number of benzene rings is 1. The van der Waals surface area contributed by atoms with Crippen molar-refractivity contribution in [3.05, 3.63) is 29.8 Å². The number of carboxylic acids is 1. The van der Waals surface area contributed by atoms with Crippen molar-refractivity contribution in [2.75, 3.05) is 0 Å². The van der Waals surface area contributed by atoms with Gasteiger partial charge in [0.2, 0.25) is 0 Å². The Morgan fingerprint density at radius 1 is 1.30 bits per heavy atom. The lowest BCUT2D eigenvalue weighted by atomic mass is 10.1. The van der Waals surface area contributed by atoms with Gasteiger partial charge in [-0.2, -0.15) is 8.42 Å². The van der Waals surface area contributed by atoms with Crippen molar-refractivity contribution in [2.24, 2.45) is 5.73 Å². The lowest BCUT2D eigenvalue weighted by Gasteiger charge is -2.10. The zero-order valence-electron chi connectivity index (χ0n) is 11.1. The van der Waals surface area contributed by atoms with E-state index in [-0.39, 0.29) is 12.2 Å². The monoisotopic (exact) mass is 303 g/mol. The summed E-state index contributed by atoms with van der Waals surface area (Å²) in [5.41, 5.74) is 6.06. The van der Waals surface area contributed by atoms with E-state index in [0.717, 1.165) is 0 Å². The molecule has 0 saturated carbocycles. The molecule has 0 amide bonds. The Morgan fingerprint density at radius 3 is 2.30 bits per heavy atom. The molecule has 0 bridgehead atoms. The predicted molar refractivity (Wildman–Crippen MR) is 71.5 cm³/mol. The minimum absolute atomic E-state index is 0.0818. The maximum atomic E-state index is 11.4. The Morgan fingerprint density at radius 2 is 1.85 bits per heavy atom. The number of nitrogens with two attached hydrogens (primary N) is 1. The number of hydrogen-bond acceptors (Lipinski definition) is 6. The van der Waals surface area contributed by atoms with Crippen LogP contribution in [0.25, 0.3) is 0 Å². The normalized spacial score (nSPS) is 13.2. The molecule has 0 fully saturated rings. The summed E-state index contributed by atoms with van der Waals surface area (Å²) in [6.45, 7) is 3.13. The molecule has 0 aromatic heterocycles. The highest BCUT2D eigenvalue weighted by Crippen LogP contribution is 2.16. The highest BCUT2D eigenvalue weighted by molar-refractivity contribution is 7.82. The molecule has 8 heteroatoms. The van der Waals surface area contributed by atoms with Crippen LogP contribution in [0, 0.1) is 0 Å². The Kier molecular flexibility index (Phi) is 5.49. The second-order valence-electron chi connectivity index (χ2n) is 4.43. The molecular formula is C12H17NO6S. The number of rotatable bonds is 7. The van der Waals surface area contributed by atoms with Gasteiger partial charge in [-0.3, -0.25) is 4.79 Å². The first-order chi connectivity index (χ1) is 9.19. The lowest BCUT2D eigenvalue weighted by Crippen LogP contribution is -2.32. The van der Waals surface area contributed by atoms with Crippen molar-refractivity contribution in [1.29, 1.82) is 0 Å². The van der Waals surface area contributed by atoms with E-state index in [9.17, 15) is 13.2 Å². The largest absolute Gasteiger partial charge is 0.480 e. The second kappa shape index (κ2) is 6.69. The van der Waals surface area contributed by atoms with Crippen molar-refractivity contribution < 1.29 is 26.7 Å². The van der Waals surface area contributed by atoms with Gasteiger partial charge in [0.05, 0.1) is 6.10 Å². The summed E-state index contributed by atoms with van der Waals surface area (Å²) in [5.74, 6) is -1.02. The average Bonchev–Trinajstić information content (AvgIpc) is 2.29. The maximum Gasteiger partial charge on any atom is 0.449 e. The van der Waals surface area contributed by atoms with E-state index in [4.69, 9.17) is 15.0 Å². The molecule has 112 valence electrons. The van der Waals surface area contributed by atoms with Gasteiger partial charge >= 0.3 is 16.4 Å². The van der Waals surface area contributed by atoms with Crippen LogP contribution in [0.15, 0.2) is 24.3 Å². The third-order valence-corrected chi connectivity index (χ3v) is 3.22. The molecule has 1 aromatic carbocycles. The molecule has 0 radical (unpaired) electrons. The summed E-state index contributed by atoms with van der Waals surface area (Å²) in [6.07, 6.45) is -0.377. The van der Waals surface area contributed by atoms with Crippen LogP contribution in [0.5, 0.6) is 5.75 Å². The molecule has 7 nitrogen and oxygen atoms in total. The van der Waals surface area contributed by atoms with Crippen LogP contribution in [0.2, 0.25) is 0 Å². The Hall–Kier alpha value is -1.64. The van der Waals surface area contributed by atoms with Crippen molar-refractivity contribution in [3.8, 4) is 5.75 Å². The summed E-state index contributed by atoms with van der Waals surface area (Å²) in [6, 6.07) is 4.90. The first kappa shape index (κ1) is 16.4. The van der Waals surface area contributed by atoms with Gasteiger partial charge in [0.25, 0.3) is 0 Å². The SMILES string of the molecule is CC(C)OS(=O)(=O)Oc1ccc(C[C@H](N)C(=O)O)cc1. The zero-order chi connectivity index (χ0) is 15.3. The van der Waals surface area contributed by atoms with E-state index < -0.39 is 28.5 Å². The standard InChI is InChI=1S/C12H17NO6S/c1-8(2)18-20(16,17)19-10-5-3-9(4-6-10)7-11(13)12(14)15/h3-6,8,11H,7,13H2,1-2H3,(H,14,15)/t11-/m0/s1. The van der Waals surface area contributed by atoms with Crippen LogP contribution in [0.1, 0.15) is 19.4 Å². The quantitative estimate of drug-likeness (QED) is 0.761. The topological polar surface area (TPSA) is 116 Å². The average molecular weight is 303 g/mol. The van der Waals surface area contributed by atoms with Gasteiger partial charge in [-0.05, 0) is 38.0 Å². The van der Waals surface area contributed by atoms with E-state index in [1.165, 1.54) is 12.1 Å². The molecule has 0 heterocycles. The van der Waals surface area contributed by atoms with Gasteiger partial charge in [0, 0.05) is 0 Å². The first-order valence-corrected chi connectivity index (χ1v) is 7.23. The van der Waals surface area contributed by atoms with E-state index in [0.29, 0.717) is 5.56 Å². The Bertz CT molecular complexity index is 552. The maximum absolute atomic E-state index is 11.4. The Labute approximate surface area is 117 Å². The summed E-state index contributed by atoms with van der Waals surface area (Å²) >= 11 is 0. The van der Waals surface area contributed by atoms with Gasteiger partial charge in [-0.1, -0.05) is 12.1 Å². The molecule has 0 aliphatic heterocycles. The summed E-state index contributed by atoms with van der Waals surface area (Å²) in [7, 11) is -4.10. The van der Waals surface area contributed by atoms with Crippen LogP contribution in [0.3, 0.4) is 0 Å². The number of aliphatic carboxylic acids is 1. The van der Waals surface area contributed by atoms with Crippen molar-refractivity contribution in [2.45, 2.75) is 32.4 Å². The third-order valence-electron chi connectivity index (χ3n) is 2.20. The summed E-state index contributed by atoms with van der Waals surface area (Å²) in [5, 5.41) is 8.69. The van der Waals surface area contributed by atoms with E-state index in [2.05, 4.69) is 4.18 Å². The number of carbonyl (C=O) groups is 1. The third kappa shape index (κ3) is 5.55. The fourth-order valence-electron chi connectivity index (χ4n) is 1.40. The molecule has 1 atom stereocenters. The van der Waals surface area contributed by atoms with Crippen LogP contribution in [0.4, 0.5) is 0 Å². The van der Waals surface area contributed by atoms with Crippen LogP contribution < -0.4 is 9.92 Å². The molecule has 0 spiro atoms. The summed E-state index contributed by atoms with van der Waals surface area (Å²) < 4.78 is 32.2. The van der Waals surface area contributed by atoms with Gasteiger partial charge in [-0.15, -0.1) is 0 Å². The van der Waals surface area contributed by atoms with Crippen molar-refractivity contribution >= 4 is 16.4 Å². The van der Waals surface area contributed by atoms with Gasteiger partial charge in [0.15, 0.2) is 0 Å². The highest BCUT2D eigenvalue weighted by atomic mass is 32.3. The lowest BCUT2D eigenvalue weighted by molar-refractivity contribution is -0.138. The molecule has 1 rings (SSSR count). The van der Waals surface area contributed by atoms with Crippen molar-refractivity contribution in [3.63, 3.8) is 0 Å². The Balaban J connectivity index is 2.70. The van der Waals surface area contributed by atoms with E-state index in [1.807, 2.05) is 0 Å². The van der Waals surface area contributed by atoms with Crippen LogP contribution in [-0.2, 0) is 25.8 Å². The van der Waals surface area contributed by atoms with Gasteiger partial charge < -0.3 is 15.0 Å². The van der Waals surface area contributed by atoms with Gasteiger partial charge in [0.1, 0.15) is 11.8 Å². The van der Waals surface area contributed by atoms with Crippen LogP contribution in [-0.4, -0.2) is 31.6 Å². The molecule has 0 saturated heterocycles. The fraction of sp³-hybridized carbons (Fsp3) is 0.417. The minimum Gasteiger partial charge on any atom is -0.480 e. The number of carboxylic acid groups (broad SMARTS) is 1. The zero-order valence-corrected chi connectivity index (χ0v) is 12.0. The fourth-order valence-corrected chi connectivity index (χ4v) is 2.25. The smallest absolute Gasteiger partial charge is 0.449 e. The summed E-state index contributed by atoms with van der Waals surface area (Å²) in [4.78, 5) is 10.6. The first-order valence-electron chi connectivity index (χ1n) is 5.89. The van der Waals surface area contributed by atoms with E-state index in [1.54, 1.807) is 26.0 Å². The van der Waals surface area contributed by atoms with E-state index >= 15 is 0 Å². The minimum atomic E-state index is -4.10. The molecule has 0 aliphatic carbocycles. The highest BCUT2D eigenvalue weighted by Gasteiger charge is 2.16. The van der Waals surface area contributed by atoms with Gasteiger partial charge in [-0.25, -0.2) is 4.18 Å². The molecule has 20 heavy (non-hydrogen) atoms. The van der Waals surface area contributed by atoms with Crippen LogP contribution >= 0.6 is 0 Å². The number of hydrogen-bond donors (Lipinski definition) is 2. The molecule has 0 unspecified atom stereocenters. The van der Waals surface area contributed by atoms with Crippen molar-refractivity contribution in [1.82, 2.24) is 0 Å². The predicted octanol–water partition coefficient (Wildman–Crippen LogP) is 0.690. The molecule has 1 aromatic rings. The molecule has 3 N–H and O–H groups in total. The second-order valence-corrected chi connectivity index (χ2v) is 5.60.